The Labute approximate surface area is 66.4 Å². The van der Waals surface area contributed by atoms with Crippen LogP contribution >= 0.6 is 0 Å². The number of rotatable bonds is 5. The van der Waals surface area contributed by atoms with Crippen molar-refractivity contribution in [3.8, 4) is 0 Å². The first-order valence-corrected chi connectivity index (χ1v) is 3.54. The van der Waals surface area contributed by atoms with E-state index in [-0.39, 0.29) is 19.1 Å². The zero-order chi connectivity index (χ0) is 8.85. The summed E-state index contributed by atoms with van der Waals surface area (Å²) in [4.78, 5) is 22.3. The quantitative estimate of drug-likeness (QED) is 0.542. The summed E-state index contributed by atoms with van der Waals surface area (Å²) < 4.78 is 0. The summed E-state index contributed by atoms with van der Waals surface area (Å²) in [6, 6.07) is 0.174. The number of primary amides is 1. The molecule has 0 spiro atoms. The molecule has 1 amide bonds. The van der Waals surface area contributed by atoms with Crippen molar-refractivity contribution in [3.05, 3.63) is 0 Å². The van der Waals surface area contributed by atoms with Crippen molar-refractivity contribution < 1.29 is 9.59 Å². The van der Waals surface area contributed by atoms with E-state index in [0.29, 0.717) is 0 Å². The largest absolute Gasteiger partial charge is 0.369 e. The van der Waals surface area contributed by atoms with E-state index < -0.39 is 5.91 Å². The highest BCUT2D eigenvalue weighted by molar-refractivity contribution is 5.76. The molecule has 2 N–H and O–H groups in total. The first-order valence-electron chi connectivity index (χ1n) is 3.54. The number of nitrogens with two attached hydrogens (primary N) is 1. The summed E-state index contributed by atoms with van der Waals surface area (Å²) in [6.07, 6.45) is 0.767. The second-order valence-corrected chi connectivity index (χ2v) is 2.66. The molecule has 64 valence electrons. The summed E-state index contributed by atoms with van der Waals surface area (Å²) in [5.41, 5.74) is 4.96. The summed E-state index contributed by atoms with van der Waals surface area (Å²) in [5.74, 6) is -0.402. The molecule has 0 bridgehead atoms. The Morgan fingerprint density at radius 2 is 2.18 bits per heavy atom. The average molecular weight is 158 g/mol. The van der Waals surface area contributed by atoms with Gasteiger partial charge in [0.15, 0.2) is 0 Å². The summed E-state index contributed by atoms with van der Waals surface area (Å²) >= 11 is 0. The van der Waals surface area contributed by atoms with Crippen LogP contribution in [-0.4, -0.2) is 36.2 Å². The van der Waals surface area contributed by atoms with Crippen molar-refractivity contribution >= 4 is 12.2 Å². The third kappa shape index (κ3) is 4.50. The molecule has 0 aromatic rings. The molecule has 0 saturated carbocycles. The number of hydrogen-bond donors (Lipinski definition) is 1. The normalized spacial score (nSPS) is 10.5. The number of aldehydes is 1. The Hall–Kier alpha value is -0.900. The second-order valence-electron chi connectivity index (χ2n) is 2.66. The topological polar surface area (TPSA) is 63.4 Å². The molecule has 0 heterocycles. The van der Waals surface area contributed by atoms with Gasteiger partial charge in [-0.15, -0.1) is 0 Å². The highest BCUT2D eigenvalue weighted by atomic mass is 16.1. The number of carbonyl (C=O) groups excluding carboxylic acids is 2. The minimum atomic E-state index is -0.402. The van der Waals surface area contributed by atoms with Crippen LogP contribution in [0.4, 0.5) is 0 Å². The van der Waals surface area contributed by atoms with Crippen molar-refractivity contribution in [1.29, 1.82) is 0 Å². The van der Waals surface area contributed by atoms with Crippen LogP contribution in [0.15, 0.2) is 0 Å². The number of hydrogen-bond acceptors (Lipinski definition) is 3. The molecule has 0 aliphatic carbocycles. The van der Waals surface area contributed by atoms with Crippen molar-refractivity contribution in [3.63, 3.8) is 0 Å². The highest BCUT2D eigenvalue weighted by Gasteiger charge is 2.10. The van der Waals surface area contributed by atoms with E-state index in [1.165, 1.54) is 0 Å². The fourth-order valence-electron chi connectivity index (χ4n) is 0.754. The lowest BCUT2D eigenvalue weighted by atomic mass is 10.3. The third-order valence-corrected chi connectivity index (χ3v) is 1.40. The van der Waals surface area contributed by atoms with Gasteiger partial charge in [-0.05, 0) is 13.8 Å². The van der Waals surface area contributed by atoms with Gasteiger partial charge in [0.2, 0.25) is 5.91 Å². The molecule has 0 aliphatic rings. The highest BCUT2D eigenvalue weighted by Crippen LogP contribution is 1.94. The van der Waals surface area contributed by atoms with Gasteiger partial charge in [0.1, 0.15) is 6.29 Å². The lowest BCUT2D eigenvalue weighted by Gasteiger charge is -2.21. The molecule has 0 unspecified atom stereocenters. The van der Waals surface area contributed by atoms with Gasteiger partial charge in [0, 0.05) is 6.04 Å². The Bertz CT molecular complexity index is 145. The van der Waals surface area contributed by atoms with Gasteiger partial charge < -0.3 is 10.5 Å². The minimum Gasteiger partial charge on any atom is -0.369 e. The monoisotopic (exact) mass is 158 g/mol. The third-order valence-electron chi connectivity index (χ3n) is 1.40. The van der Waals surface area contributed by atoms with Crippen LogP contribution in [0.3, 0.4) is 0 Å². The molecule has 0 aromatic carbocycles. The lowest BCUT2D eigenvalue weighted by Crippen LogP contribution is -2.39. The van der Waals surface area contributed by atoms with Gasteiger partial charge in [-0.3, -0.25) is 9.69 Å². The molecule has 4 nitrogen and oxygen atoms in total. The van der Waals surface area contributed by atoms with Gasteiger partial charge in [-0.25, -0.2) is 0 Å². The smallest absolute Gasteiger partial charge is 0.231 e. The maximum Gasteiger partial charge on any atom is 0.231 e. The van der Waals surface area contributed by atoms with Crippen molar-refractivity contribution in [2.24, 2.45) is 5.73 Å². The van der Waals surface area contributed by atoms with Crippen LogP contribution in [0.25, 0.3) is 0 Å². The molecular formula is C7H14N2O2. The molecule has 0 atom stereocenters. The molecule has 0 radical (unpaired) electrons. The van der Waals surface area contributed by atoms with Crippen LogP contribution in [-0.2, 0) is 9.59 Å². The van der Waals surface area contributed by atoms with Crippen molar-refractivity contribution in [2.45, 2.75) is 19.9 Å². The summed E-state index contributed by atoms with van der Waals surface area (Å²) in [5, 5.41) is 0. The Morgan fingerprint density at radius 1 is 1.64 bits per heavy atom. The number of amides is 1. The average Bonchev–Trinajstić information content (AvgIpc) is 1.86. The van der Waals surface area contributed by atoms with Gasteiger partial charge in [0.05, 0.1) is 13.1 Å². The zero-order valence-corrected chi connectivity index (χ0v) is 6.91. The summed E-state index contributed by atoms with van der Waals surface area (Å²) in [6.45, 7) is 4.23. The van der Waals surface area contributed by atoms with Gasteiger partial charge in [-0.1, -0.05) is 0 Å². The predicted octanol–water partition coefficient (Wildman–Crippen LogP) is -0.619. The maximum atomic E-state index is 10.5. The van der Waals surface area contributed by atoms with Gasteiger partial charge >= 0.3 is 0 Å². The van der Waals surface area contributed by atoms with Crippen molar-refractivity contribution in [2.75, 3.05) is 13.1 Å². The fourth-order valence-corrected chi connectivity index (χ4v) is 0.754. The number of nitrogens with zero attached hydrogens (tertiary/aromatic N) is 1. The molecule has 0 aromatic heterocycles. The van der Waals surface area contributed by atoms with E-state index in [2.05, 4.69) is 0 Å². The molecule has 0 saturated heterocycles. The van der Waals surface area contributed by atoms with E-state index in [1.54, 1.807) is 4.90 Å². The SMILES string of the molecule is CC(C)N(CC=O)CC(N)=O. The fraction of sp³-hybridized carbons (Fsp3) is 0.714. The molecule has 0 fully saturated rings. The summed E-state index contributed by atoms with van der Waals surface area (Å²) in [7, 11) is 0. The first kappa shape index (κ1) is 10.1. The Morgan fingerprint density at radius 3 is 2.45 bits per heavy atom. The second kappa shape index (κ2) is 4.85. The molecule has 11 heavy (non-hydrogen) atoms. The van der Waals surface area contributed by atoms with Crippen molar-refractivity contribution in [1.82, 2.24) is 4.90 Å². The van der Waals surface area contributed by atoms with Gasteiger partial charge in [-0.2, -0.15) is 0 Å². The predicted molar refractivity (Wildman–Crippen MR) is 42.0 cm³/mol. The van der Waals surface area contributed by atoms with Crippen LogP contribution in [0.1, 0.15) is 13.8 Å². The molecule has 0 aliphatic heterocycles. The Kier molecular flexibility index (Phi) is 4.45. The van der Waals surface area contributed by atoms with E-state index in [9.17, 15) is 9.59 Å². The van der Waals surface area contributed by atoms with E-state index in [1.807, 2.05) is 13.8 Å². The molecular weight excluding hydrogens is 144 g/mol. The Balaban J connectivity index is 3.88. The first-order chi connectivity index (χ1) is 5.07. The zero-order valence-electron chi connectivity index (χ0n) is 6.91. The van der Waals surface area contributed by atoms with Crippen LogP contribution in [0, 0.1) is 0 Å². The van der Waals surface area contributed by atoms with E-state index in [4.69, 9.17) is 5.73 Å². The minimum absolute atomic E-state index is 0.149. The molecule has 0 rings (SSSR count). The van der Waals surface area contributed by atoms with Gasteiger partial charge in [0.25, 0.3) is 0 Å². The van der Waals surface area contributed by atoms with Crippen LogP contribution in [0.5, 0.6) is 0 Å². The molecule has 4 heteroatoms. The standard InChI is InChI=1S/C7H14N2O2/c1-6(2)9(3-4-10)5-7(8)11/h4,6H,3,5H2,1-2H3,(H2,8,11). The van der Waals surface area contributed by atoms with Crippen LogP contribution in [0.2, 0.25) is 0 Å². The maximum absolute atomic E-state index is 10.5. The lowest BCUT2D eigenvalue weighted by molar-refractivity contribution is -0.120. The van der Waals surface area contributed by atoms with E-state index >= 15 is 0 Å². The number of carbonyl (C=O) groups is 2. The van der Waals surface area contributed by atoms with Crippen LogP contribution < -0.4 is 5.73 Å². The van der Waals surface area contributed by atoms with E-state index in [0.717, 1.165) is 6.29 Å².